The molecule has 9 heavy (non-hydrogen) atoms. The van der Waals surface area contributed by atoms with Crippen molar-refractivity contribution in [1.29, 1.82) is 5.26 Å². The van der Waals surface area contributed by atoms with Crippen molar-refractivity contribution in [3.05, 3.63) is 30.3 Å². The van der Waals surface area contributed by atoms with Gasteiger partial charge in [-0.2, -0.15) is 5.26 Å². The van der Waals surface area contributed by atoms with E-state index in [9.17, 15) is 0 Å². The maximum Gasteiger partial charge on any atom is 0.138 e. The predicted molar refractivity (Wildman–Crippen MR) is 37.9 cm³/mol. The molecule has 0 saturated carbocycles. The van der Waals surface area contributed by atoms with Crippen LogP contribution in [0, 0.1) is 10.7 Å². The monoisotopic (exact) mass is 135 g/mol. The molecule has 0 spiro atoms. The Morgan fingerprint density at radius 1 is 1.22 bits per heavy atom. The van der Waals surface area contributed by atoms with E-state index in [2.05, 4.69) is 0 Å². The molecule has 0 N–H and O–H groups in total. The number of nitrogens with zero attached hydrogens (tertiary/aromatic N) is 1. The summed E-state index contributed by atoms with van der Waals surface area (Å²) in [7, 11) is 0. The molecule has 1 aromatic carbocycles. The molecule has 0 amide bonds. The first-order valence-corrected chi connectivity index (χ1v) is 3.36. The van der Waals surface area contributed by atoms with Crippen LogP contribution < -0.4 is 0 Å². The number of hydrogen-bond donors (Lipinski definition) is 0. The highest BCUT2D eigenvalue weighted by molar-refractivity contribution is 8.03. The minimum absolute atomic E-state index is 1.00. The Bertz CT molecular complexity index is 212. The van der Waals surface area contributed by atoms with Crippen molar-refractivity contribution in [2.75, 3.05) is 0 Å². The number of nitriles is 1. The molecule has 44 valence electrons. The highest BCUT2D eigenvalue weighted by atomic mass is 32.2. The third kappa shape index (κ3) is 1.79. The van der Waals surface area contributed by atoms with Gasteiger partial charge in [0, 0.05) is 4.90 Å². The van der Waals surface area contributed by atoms with E-state index in [-0.39, 0.29) is 0 Å². The summed E-state index contributed by atoms with van der Waals surface area (Å²) in [5.74, 6) is 0. The van der Waals surface area contributed by atoms with Gasteiger partial charge in [0.1, 0.15) is 5.40 Å². The van der Waals surface area contributed by atoms with E-state index in [4.69, 9.17) is 5.26 Å². The van der Waals surface area contributed by atoms with Crippen molar-refractivity contribution in [3.8, 4) is 5.40 Å². The van der Waals surface area contributed by atoms with Crippen LogP contribution in [0.5, 0.6) is 0 Å². The lowest BCUT2D eigenvalue weighted by Crippen LogP contribution is -1.62. The lowest BCUT2D eigenvalue weighted by atomic mass is 10.4. The maximum absolute atomic E-state index is 8.23. The third-order valence-electron chi connectivity index (χ3n) is 0.907. The van der Waals surface area contributed by atoms with E-state index in [1.54, 1.807) is 0 Å². The molecule has 0 radical (unpaired) electrons. The first-order chi connectivity index (χ1) is 4.43. The number of benzene rings is 1. The summed E-state index contributed by atoms with van der Waals surface area (Å²) in [6.07, 6.45) is 0. The Labute approximate surface area is 58.3 Å². The van der Waals surface area contributed by atoms with Gasteiger partial charge in [0.15, 0.2) is 0 Å². The first-order valence-electron chi connectivity index (χ1n) is 2.54. The average Bonchev–Trinajstić information content (AvgIpc) is 1.91. The maximum atomic E-state index is 8.23. The Hall–Kier alpha value is -0.940. The minimum atomic E-state index is 1.00. The van der Waals surface area contributed by atoms with Crippen molar-refractivity contribution in [2.24, 2.45) is 0 Å². The zero-order valence-electron chi connectivity index (χ0n) is 4.74. The second-order valence-electron chi connectivity index (χ2n) is 1.51. The van der Waals surface area contributed by atoms with Crippen LogP contribution in [0.25, 0.3) is 0 Å². The lowest BCUT2D eigenvalue weighted by Gasteiger charge is -1.86. The molecule has 0 unspecified atom stereocenters. The van der Waals surface area contributed by atoms with Gasteiger partial charge < -0.3 is 0 Å². The standard InChI is InChI=1S/C7H5NS/c8-6-9-7-4-2-1-3-5-7/h1-5H. The Kier molecular flexibility index (Phi) is 2.17. The van der Waals surface area contributed by atoms with Crippen LogP contribution in [0.15, 0.2) is 35.2 Å². The minimum Gasteiger partial charge on any atom is -0.185 e. The van der Waals surface area contributed by atoms with Gasteiger partial charge in [-0.05, 0) is 23.9 Å². The number of thioether (sulfide) groups is 1. The van der Waals surface area contributed by atoms with Crippen molar-refractivity contribution in [2.45, 2.75) is 4.90 Å². The Balaban J connectivity index is 2.76. The first kappa shape index (κ1) is 6.18. The van der Waals surface area contributed by atoms with Gasteiger partial charge in [0.2, 0.25) is 0 Å². The molecule has 0 bridgehead atoms. The molecule has 0 heterocycles. The molecule has 0 aliphatic rings. The van der Waals surface area contributed by atoms with Gasteiger partial charge in [-0.1, -0.05) is 18.2 Å². The summed E-state index contributed by atoms with van der Waals surface area (Å²) in [4.78, 5) is 1.00. The summed E-state index contributed by atoms with van der Waals surface area (Å²) < 4.78 is 0. The van der Waals surface area contributed by atoms with Crippen LogP contribution in [-0.2, 0) is 0 Å². The largest absolute Gasteiger partial charge is 0.185 e. The van der Waals surface area contributed by atoms with Crippen molar-refractivity contribution in [1.82, 2.24) is 0 Å². The fourth-order valence-corrected chi connectivity index (χ4v) is 0.940. The Morgan fingerprint density at radius 3 is 2.44 bits per heavy atom. The lowest BCUT2D eigenvalue weighted by molar-refractivity contribution is 1.47. The van der Waals surface area contributed by atoms with Gasteiger partial charge in [-0.25, -0.2) is 0 Å². The van der Waals surface area contributed by atoms with E-state index < -0.39 is 0 Å². The van der Waals surface area contributed by atoms with Crippen LogP contribution in [0.4, 0.5) is 0 Å². The van der Waals surface area contributed by atoms with Gasteiger partial charge >= 0.3 is 0 Å². The molecule has 0 aromatic heterocycles. The zero-order valence-corrected chi connectivity index (χ0v) is 5.56. The van der Waals surface area contributed by atoms with Crippen LogP contribution >= 0.6 is 11.8 Å². The van der Waals surface area contributed by atoms with E-state index >= 15 is 0 Å². The quantitative estimate of drug-likeness (QED) is 0.435. The molecule has 0 aliphatic heterocycles. The van der Waals surface area contributed by atoms with Crippen molar-refractivity contribution >= 4 is 11.8 Å². The van der Waals surface area contributed by atoms with Gasteiger partial charge in [-0.15, -0.1) is 0 Å². The molecule has 0 saturated heterocycles. The van der Waals surface area contributed by atoms with Gasteiger partial charge in [0.25, 0.3) is 0 Å². The van der Waals surface area contributed by atoms with Crippen molar-refractivity contribution in [3.63, 3.8) is 0 Å². The van der Waals surface area contributed by atoms with Crippen molar-refractivity contribution < 1.29 is 0 Å². The molecule has 1 aromatic rings. The van der Waals surface area contributed by atoms with Gasteiger partial charge in [0.05, 0.1) is 0 Å². The van der Waals surface area contributed by atoms with E-state index in [1.807, 2.05) is 35.7 Å². The molecule has 0 aliphatic carbocycles. The van der Waals surface area contributed by atoms with E-state index in [0.717, 1.165) is 4.90 Å². The Morgan fingerprint density at radius 2 is 1.89 bits per heavy atom. The summed E-state index contributed by atoms with van der Waals surface area (Å²) in [5, 5.41) is 10.2. The predicted octanol–water partition coefficient (Wildman–Crippen LogP) is 2.26. The molecular formula is C7H5NS. The van der Waals surface area contributed by atoms with Crippen LogP contribution in [-0.4, -0.2) is 0 Å². The SMILES string of the molecule is N#CSc1ccccc1. The fourth-order valence-electron chi connectivity index (χ4n) is 0.541. The summed E-state index contributed by atoms with van der Waals surface area (Å²) >= 11 is 1.18. The van der Waals surface area contributed by atoms with E-state index in [0.29, 0.717) is 0 Å². The molecule has 1 nitrogen and oxygen atoms in total. The molecular weight excluding hydrogens is 130 g/mol. The molecule has 0 atom stereocenters. The van der Waals surface area contributed by atoms with Gasteiger partial charge in [-0.3, -0.25) is 0 Å². The zero-order chi connectivity index (χ0) is 6.53. The summed E-state index contributed by atoms with van der Waals surface area (Å²) in [6, 6.07) is 9.59. The second-order valence-corrected chi connectivity index (χ2v) is 2.36. The molecule has 1 rings (SSSR count). The normalized spacial score (nSPS) is 8.33. The highest BCUT2D eigenvalue weighted by Crippen LogP contribution is 2.13. The van der Waals surface area contributed by atoms with Crippen LogP contribution in [0.3, 0.4) is 0 Å². The molecule has 0 fully saturated rings. The summed E-state index contributed by atoms with van der Waals surface area (Å²) in [5.41, 5.74) is 0. The fraction of sp³-hybridized carbons (Fsp3) is 0. The number of rotatable bonds is 1. The summed E-state index contributed by atoms with van der Waals surface area (Å²) in [6.45, 7) is 0. The topological polar surface area (TPSA) is 23.8 Å². The second kappa shape index (κ2) is 3.16. The smallest absolute Gasteiger partial charge is 0.138 e. The average molecular weight is 135 g/mol. The number of thiocyanates is 1. The third-order valence-corrected chi connectivity index (χ3v) is 1.51. The van der Waals surface area contributed by atoms with Crippen LogP contribution in [0.2, 0.25) is 0 Å². The van der Waals surface area contributed by atoms with Crippen LogP contribution in [0.1, 0.15) is 0 Å². The number of hydrogen-bond acceptors (Lipinski definition) is 2. The highest BCUT2D eigenvalue weighted by Gasteiger charge is 1.85. The van der Waals surface area contributed by atoms with E-state index in [1.165, 1.54) is 11.8 Å². The molecule has 2 heteroatoms.